The van der Waals surface area contributed by atoms with Crippen molar-refractivity contribution in [1.82, 2.24) is 23.9 Å². The summed E-state index contributed by atoms with van der Waals surface area (Å²) in [6.45, 7) is 0. The third-order valence-corrected chi connectivity index (χ3v) is 14.9. The van der Waals surface area contributed by atoms with Crippen LogP contribution in [0.15, 0.2) is 185 Å². The number of aromatic nitrogens is 5. The lowest BCUT2D eigenvalue weighted by atomic mass is 9.86. The lowest BCUT2D eigenvalue weighted by Crippen LogP contribution is -2.20. The van der Waals surface area contributed by atoms with Crippen LogP contribution in [0.1, 0.15) is 53.7 Å². The van der Waals surface area contributed by atoms with Crippen LogP contribution in [0.5, 0.6) is 0 Å². The maximum absolute atomic E-state index is 6.27. The molecule has 0 saturated heterocycles. The molecule has 5 heterocycles. The molecule has 6 heteroatoms. The summed E-state index contributed by atoms with van der Waals surface area (Å²) in [5.74, 6) is 2.16. The van der Waals surface area contributed by atoms with Crippen molar-refractivity contribution in [2.75, 3.05) is 0 Å². The number of para-hydroxylation sites is 4. The van der Waals surface area contributed by atoms with Crippen LogP contribution in [0.2, 0.25) is 0 Å². The summed E-state index contributed by atoms with van der Waals surface area (Å²) >= 11 is 0. The van der Waals surface area contributed by atoms with Gasteiger partial charge in [-0.2, -0.15) is 0 Å². The fraction of sp³-hybridized carbons (Fsp3) is 0.0984. The second-order valence-electron chi connectivity index (χ2n) is 18.5. The molecule has 67 heavy (non-hydrogen) atoms. The van der Waals surface area contributed by atoms with Gasteiger partial charge in [-0.05, 0) is 126 Å². The average molecular weight is 860 g/mol. The fourth-order valence-corrected chi connectivity index (χ4v) is 11.9. The van der Waals surface area contributed by atoms with Crippen molar-refractivity contribution in [3.05, 3.63) is 215 Å². The lowest BCUT2D eigenvalue weighted by Gasteiger charge is -2.22. The standard InChI is InChI=1S/C61H41N5O/c1-2-14-42(15-3-1)65-51-20-7-4-16-43(51)47-32-39(28-30-53(47)65)36-24-26-38(27-25-36)59-62-60(40-29-31-56-48(33-40)45-18-6-9-23-55(45)67-56)64-61(63-59)41-34-49-44-17-5-8-21-52(44)66-54-22-11-13-37-12-10-19-46(57(37)54)50(35-41)58(49)66/h1-24,26,29,31-33,35,41H,25,27-28,30,34H2. The van der Waals surface area contributed by atoms with E-state index in [1.807, 2.05) is 12.1 Å². The number of furan rings is 1. The highest BCUT2D eigenvalue weighted by Gasteiger charge is 2.29. The summed E-state index contributed by atoms with van der Waals surface area (Å²) < 4.78 is 11.2. The van der Waals surface area contributed by atoms with E-state index in [-0.39, 0.29) is 5.92 Å². The molecule has 0 bridgehead atoms. The molecule has 316 valence electrons. The summed E-state index contributed by atoms with van der Waals surface area (Å²) in [6.07, 6.45) is 14.1. The summed E-state index contributed by atoms with van der Waals surface area (Å²) in [4.78, 5) is 16.3. The Labute approximate surface area is 385 Å². The first kappa shape index (κ1) is 36.9. The molecule has 6 nitrogen and oxygen atoms in total. The number of fused-ring (bicyclic) bond motifs is 11. The van der Waals surface area contributed by atoms with Gasteiger partial charge in [0.05, 0.1) is 22.1 Å². The molecule has 0 amide bonds. The quantitative estimate of drug-likeness (QED) is 0.173. The van der Waals surface area contributed by atoms with Gasteiger partial charge in [0.1, 0.15) is 17.0 Å². The molecule has 0 N–H and O–H groups in total. The molecule has 0 aliphatic heterocycles. The van der Waals surface area contributed by atoms with Crippen LogP contribution in [-0.2, 0) is 12.8 Å². The topological polar surface area (TPSA) is 61.2 Å². The first-order valence-electron chi connectivity index (χ1n) is 23.5. The zero-order chi connectivity index (χ0) is 43.7. The molecule has 3 aliphatic rings. The number of hydrogen-bond donors (Lipinski definition) is 0. The predicted molar refractivity (Wildman–Crippen MR) is 273 cm³/mol. The van der Waals surface area contributed by atoms with E-state index in [2.05, 4.69) is 179 Å². The Morgan fingerprint density at radius 1 is 0.522 bits per heavy atom. The third-order valence-electron chi connectivity index (χ3n) is 14.9. The van der Waals surface area contributed by atoms with Crippen molar-refractivity contribution < 1.29 is 4.42 Å². The van der Waals surface area contributed by atoms with Crippen LogP contribution < -0.4 is 5.22 Å². The molecule has 5 aromatic heterocycles. The Bertz CT molecular complexity index is 4250. The Morgan fingerprint density at radius 2 is 1.22 bits per heavy atom. The van der Waals surface area contributed by atoms with Crippen LogP contribution in [0.25, 0.3) is 106 Å². The van der Waals surface area contributed by atoms with E-state index in [1.165, 1.54) is 87.9 Å². The Hall–Kier alpha value is -8.35. The van der Waals surface area contributed by atoms with Crippen molar-refractivity contribution in [2.45, 2.75) is 38.0 Å². The zero-order valence-corrected chi connectivity index (χ0v) is 36.6. The summed E-state index contributed by atoms with van der Waals surface area (Å²) in [7, 11) is 0. The van der Waals surface area contributed by atoms with Crippen LogP contribution in [-0.4, -0.2) is 23.9 Å². The molecular weight excluding hydrogens is 819 g/mol. The number of nitrogens with zero attached hydrogens (tertiary/aromatic N) is 5. The smallest absolute Gasteiger partial charge is 0.163 e. The van der Waals surface area contributed by atoms with Crippen molar-refractivity contribution in [2.24, 2.45) is 0 Å². The number of pyridine rings is 1. The molecular formula is C61H41N5O. The first-order chi connectivity index (χ1) is 33.2. The normalized spacial score (nSPS) is 16.0. The summed E-state index contributed by atoms with van der Waals surface area (Å²) in [5, 5.41) is 9.79. The first-order valence-corrected chi connectivity index (χ1v) is 23.5. The van der Waals surface area contributed by atoms with Gasteiger partial charge in [0.15, 0.2) is 11.6 Å². The van der Waals surface area contributed by atoms with Gasteiger partial charge in [0.2, 0.25) is 0 Å². The van der Waals surface area contributed by atoms with E-state index < -0.39 is 0 Å². The summed E-state index contributed by atoms with van der Waals surface area (Å²) in [5.41, 5.74) is 17.0. The molecule has 0 fully saturated rings. The Balaban J connectivity index is 0.889. The Morgan fingerprint density at radius 3 is 2.10 bits per heavy atom. The van der Waals surface area contributed by atoms with Gasteiger partial charge in [-0.3, -0.25) is 0 Å². The monoisotopic (exact) mass is 859 g/mol. The van der Waals surface area contributed by atoms with Gasteiger partial charge in [-0.15, -0.1) is 0 Å². The summed E-state index contributed by atoms with van der Waals surface area (Å²) in [6, 6.07) is 56.5. The molecule has 0 spiro atoms. The minimum absolute atomic E-state index is 0.0730. The number of allylic oxidation sites excluding steroid dienone is 5. The molecule has 12 aromatic rings. The molecule has 0 saturated carbocycles. The van der Waals surface area contributed by atoms with E-state index in [0.717, 1.165) is 76.8 Å². The van der Waals surface area contributed by atoms with Crippen LogP contribution in [0.4, 0.5) is 0 Å². The van der Waals surface area contributed by atoms with E-state index in [1.54, 1.807) is 0 Å². The third kappa shape index (κ3) is 5.47. The maximum atomic E-state index is 6.27. The highest BCUT2D eigenvalue weighted by Crippen LogP contribution is 2.42. The van der Waals surface area contributed by atoms with Crippen molar-refractivity contribution in [1.29, 1.82) is 0 Å². The molecule has 1 atom stereocenters. The SMILES string of the molecule is C1=C(C2=Cc3c(n(-c4ccccc4)c4ccccc34)CC2)CCC(c2nc(-c3ccc4oc5ccccc5c4c3)nc(C3C=c4c5cccc6cccc(c65)n5c4c(c4ccccc45)C3)n2)=C1. The molecule has 15 rings (SSSR count). The van der Waals surface area contributed by atoms with E-state index in [9.17, 15) is 0 Å². The number of benzene rings is 7. The van der Waals surface area contributed by atoms with Crippen molar-refractivity contribution >= 4 is 88.7 Å². The van der Waals surface area contributed by atoms with Gasteiger partial charge in [0.25, 0.3) is 0 Å². The van der Waals surface area contributed by atoms with Gasteiger partial charge in [0, 0.05) is 60.6 Å². The molecule has 3 aliphatic carbocycles. The predicted octanol–water partition coefficient (Wildman–Crippen LogP) is 14.1. The second-order valence-corrected chi connectivity index (χ2v) is 18.5. The van der Waals surface area contributed by atoms with Crippen LogP contribution >= 0.6 is 0 Å². The zero-order valence-electron chi connectivity index (χ0n) is 36.6. The van der Waals surface area contributed by atoms with Gasteiger partial charge in [-0.25, -0.2) is 15.0 Å². The van der Waals surface area contributed by atoms with Crippen molar-refractivity contribution in [3.8, 4) is 17.1 Å². The van der Waals surface area contributed by atoms with Gasteiger partial charge >= 0.3 is 0 Å². The van der Waals surface area contributed by atoms with Crippen molar-refractivity contribution in [3.63, 3.8) is 0 Å². The van der Waals surface area contributed by atoms with Crippen LogP contribution in [0, 0.1) is 0 Å². The molecule has 0 radical (unpaired) electrons. The highest BCUT2D eigenvalue weighted by molar-refractivity contribution is 6.14. The fourth-order valence-electron chi connectivity index (χ4n) is 11.9. The van der Waals surface area contributed by atoms with E-state index >= 15 is 0 Å². The largest absolute Gasteiger partial charge is 0.456 e. The minimum atomic E-state index is -0.0730. The number of hydrogen-bond acceptors (Lipinski definition) is 4. The second kappa shape index (κ2) is 14.1. The highest BCUT2D eigenvalue weighted by atomic mass is 16.3. The van der Waals surface area contributed by atoms with Crippen LogP contribution in [0.3, 0.4) is 0 Å². The maximum Gasteiger partial charge on any atom is 0.163 e. The number of rotatable bonds is 5. The van der Waals surface area contributed by atoms with E-state index in [4.69, 9.17) is 19.4 Å². The van der Waals surface area contributed by atoms with E-state index in [0.29, 0.717) is 5.82 Å². The lowest BCUT2D eigenvalue weighted by molar-refractivity contribution is 0.669. The Kier molecular flexibility index (Phi) is 7.76. The van der Waals surface area contributed by atoms with Gasteiger partial charge in [-0.1, -0.05) is 121 Å². The molecule has 7 aromatic carbocycles. The average Bonchev–Trinajstić information content (AvgIpc) is 4.05. The minimum Gasteiger partial charge on any atom is -0.456 e. The molecule has 1 unspecified atom stereocenters. The van der Waals surface area contributed by atoms with Gasteiger partial charge < -0.3 is 13.4 Å².